The molecule has 0 aromatic heterocycles. The topological polar surface area (TPSA) is 76.1 Å². The number of amides is 3. The van der Waals surface area contributed by atoms with E-state index in [1.165, 1.54) is 12.8 Å². The van der Waals surface area contributed by atoms with Crippen molar-refractivity contribution >= 4 is 28.4 Å². The van der Waals surface area contributed by atoms with E-state index in [9.17, 15) is 14.7 Å². The molecule has 182 valence electrons. The van der Waals surface area contributed by atoms with Gasteiger partial charge in [0.2, 0.25) is 5.91 Å². The molecule has 3 aliphatic rings. The summed E-state index contributed by atoms with van der Waals surface area (Å²) in [5.41, 5.74) is 0.987. The molecule has 3 amide bonds. The van der Waals surface area contributed by atoms with Gasteiger partial charge in [-0.15, -0.1) is 0 Å². The van der Waals surface area contributed by atoms with Crippen LogP contribution in [0.2, 0.25) is 0 Å². The molecule has 0 radical (unpaired) electrons. The quantitative estimate of drug-likeness (QED) is 0.642. The van der Waals surface area contributed by atoms with Crippen molar-refractivity contribution in [1.29, 1.82) is 0 Å². The maximum Gasteiger partial charge on any atom is 0.322 e. The van der Waals surface area contributed by atoms with E-state index in [1.807, 2.05) is 54.3 Å². The smallest absolute Gasteiger partial charge is 0.322 e. The van der Waals surface area contributed by atoms with Gasteiger partial charge in [0.25, 0.3) is 0 Å². The Morgan fingerprint density at radius 3 is 2.56 bits per heavy atom. The summed E-state index contributed by atoms with van der Waals surface area (Å²) in [4.78, 5) is 31.7. The number of benzene rings is 2. The number of carbonyl (C=O) groups excluding carboxylic acids is 2. The fourth-order valence-electron chi connectivity index (χ4n) is 5.55. The Morgan fingerprint density at radius 1 is 1.03 bits per heavy atom. The summed E-state index contributed by atoms with van der Waals surface area (Å²) in [7, 11) is 0. The molecule has 2 unspecified atom stereocenters. The summed E-state index contributed by atoms with van der Waals surface area (Å²) in [6.07, 6.45) is 5.29. The van der Waals surface area contributed by atoms with Crippen LogP contribution in [0.1, 0.15) is 39.0 Å². The van der Waals surface area contributed by atoms with Crippen molar-refractivity contribution in [2.24, 2.45) is 5.41 Å². The van der Waals surface area contributed by atoms with E-state index < -0.39 is 6.04 Å². The second-order valence-electron chi connectivity index (χ2n) is 10.3. The Labute approximate surface area is 201 Å². The van der Waals surface area contributed by atoms with Crippen LogP contribution in [-0.4, -0.2) is 83.2 Å². The molecule has 34 heavy (non-hydrogen) atoms. The molecule has 2 saturated heterocycles. The molecule has 2 atom stereocenters. The number of nitrogens with one attached hydrogen (secondary N) is 1. The van der Waals surface area contributed by atoms with E-state index in [0.29, 0.717) is 13.1 Å². The number of urea groups is 1. The number of piperidine rings is 1. The fraction of sp³-hybridized carbons (Fsp3) is 0.556. The van der Waals surface area contributed by atoms with Gasteiger partial charge in [0.1, 0.15) is 6.04 Å². The van der Waals surface area contributed by atoms with E-state index in [1.54, 1.807) is 4.90 Å². The standard InChI is InChI=1S/C27H36N4O3/c1-20-25(33)30(14-5-4-13-29-15-12-27(10-11-27)24(32)19-29)16-17-31(20)26(34)28-23-9-8-21-6-2-3-7-22(21)18-23/h2-3,6-9,18,20,24,32H,4-5,10-17,19H2,1H3,(H,28,34). The predicted octanol–water partition coefficient (Wildman–Crippen LogP) is 3.53. The second-order valence-corrected chi connectivity index (χ2v) is 10.3. The summed E-state index contributed by atoms with van der Waals surface area (Å²) < 4.78 is 0. The third-order valence-corrected chi connectivity index (χ3v) is 8.12. The molecule has 1 saturated carbocycles. The number of hydrogen-bond donors (Lipinski definition) is 2. The first-order valence-corrected chi connectivity index (χ1v) is 12.7. The number of piperazine rings is 1. The van der Waals surface area contributed by atoms with Gasteiger partial charge in [-0.25, -0.2) is 4.79 Å². The van der Waals surface area contributed by atoms with Gasteiger partial charge in [0, 0.05) is 31.9 Å². The highest BCUT2D eigenvalue weighted by molar-refractivity contribution is 5.96. The van der Waals surface area contributed by atoms with Gasteiger partial charge in [-0.2, -0.15) is 0 Å². The van der Waals surface area contributed by atoms with Gasteiger partial charge in [0.05, 0.1) is 6.10 Å². The first-order valence-electron chi connectivity index (χ1n) is 12.7. The molecule has 0 bridgehead atoms. The van der Waals surface area contributed by atoms with Gasteiger partial charge in [-0.05, 0) is 80.4 Å². The van der Waals surface area contributed by atoms with Crippen LogP contribution in [0.15, 0.2) is 42.5 Å². The highest BCUT2D eigenvalue weighted by atomic mass is 16.3. The van der Waals surface area contributed by atoms with Gasteiger partial charge in [-0.3, -0.25) is 4.79 Å². The molecule has 2 aliphatic heterocycles. The van der Waals surface area contributed by atoms with Crippen LogP contribution in [-0.2, 0) is 4.79 Å². The zero-order valence-electron chi connectivity index (χ0n) is 20.1. The van der Waals surface area contributed by atoms with Crippen LogP contribution < -0.4 is 5.32 Å². The lowest BCUT2D eigenvalue weighted by Gasteiger charge is -2.39. The molecule has 2 aromatic carbocycles. The number of fused-ring (bicyclic) bond motifs is 1. The molecule has 7 nitrogen and oxygen atoms in total. The molecule has 7 heteroatoms. The number of rotatable bonds is 6. The first-order chi connectivity index (χ1) is 16.4. The van der Waals surface area contributed by atoms with Crippen LogP contribution >= 0.6 is 0 Å². The van der Waals surface area contributed by atoms with Crippen LogP contribution in [0.4, 0.5) is 10.5 Å². The van der Waals surface area contributed by atoms with Crippen molar-refractivity contribution in [3.05, 3.63) is 42.5 Å². The maximum absolute atomic E-state index is 12.9. The lowest BCUT2D eigenvalue weighted by atomic mass is 9.90. The highest BCUT2D eigenvalue weighted by Crippen LogP contribution is 2.53. The number of aliphatic hydroxyl groups excluding tert-OH is 1. The molecule has 1 spiro atoms. The molecule has 2 heterocycles. The third kappa shape index (κ3) is 4.77. The normalized spacial score (nSPS) is 24.6. The van der Waals surface area contributed by atoms with Crippen molar-refractivity contribution in [3.8, 4) is 0 Å². The Kier molecular flexibility index (Phi) is 6.49. The summed E-state index contributed by atoms with van der Waals surface area (Å²) in [5, 5.41) is 15.5. The third-order valence-electron chi connectivity index (χ3n) is 8.12. The van der Waals surface area contributed by atoms with E-state index >= 15 is 0 Å². The lowest BCUT2D eigenvalue weighted by molar-refractivity contribution is -0.139. The van der Waals surface area contributed by atoms with E-state index in [2.05, 4.69) is 10.2 Å². The number of anilines is 1. The van der Waals surface area contributed by atoms with Crippen LogP contribution in [0.5, 0.6) is 0 Å². The molecule has 3 fully saturated rings. The Bertz CT molecular complexity index is 1050. The zero-order valence-corrected chi connectivity index (χ0v) is 20.1. The van der Waals surface area contributed by atoms with Crippen molar-refractivity contribution in [1.82, 2.24) is 14.7 Å². The zero-order chi connectivity index (χ0) is 23.7. The maximum atomic E-state index is 12.9. The average molecular weight is 465 g/mol. The average Bonchev–Trinajstić information content (AvgIpc) is 3.62. The molecular weight excluding hydrogens is 428 g/mol. The molecule has 1 aliphatic carbocycles. The first kappa shape index (κ1) is 23.1. The van der Waals surface area contributed by atoms with Crippen molar-refractivity contribution in [2.75, 3.05) is 44.6 Å². The van der Waals surface area contributed by atoms with Gasteiger partial charge >= 0.3 is 6.03 Å². The summed E-state index contributed by atoms with van der Waals surface area (Å²) in [6, 6.07) is 13.2. The minimum absolute atomic E-state index is 0.0176. The minimum Gasteiger partial charge on any atom is -0.391 e. The van der Waals surface area contributed by atoms with Crippen LogP contribution in [0.25, 0.3) is 10.8 Å². The van der Waals surface area contributed by atoms with Crippen LogP contribution in [0.3, 0.4) is 0 Å². The fourth-order valence-corrected chi connectivity index (χ4v) is 5.55. The molecular formula is C27H36N4O3. The summed E-state index contributed by atoms with van der Waals surface area (Å²) in [5.74, 6) is 0.0176. The van der Waals surface area contributed by atoms with E-state index in [-0.39, 0.29) is 23.5 Å². The highest BCUT2D eigenvalue weighted by Gasteiger charge is 2.51. The number of hydrogen-bond acceptors (Lipinski definition) is 4. The van der Waals surface area contributed by atoms with Crippen LogP contribution in [0, 0.1) is 5.41 Å². The van der Waals surface area contributed by atoms with Crippen molar-refractivity contribution in [3.63, 3.8) is 0 Å². The Balaban J connectivity index is 1.07. The Morgan fingerprint density at radius 2 is 1.79 bits per heavy atom. The number of likely N-dealkylation sites (tertiary alicyclic amines) is 1. The lowest BCUT2D eigenvalue weighted by Crippen LogP contribution is -2.58. The largest absolute Gasteiger partial charge is 0.391 e. The second kappa shape index (κ2) is 9.55. The van der Waals surface area contributed by atoms with E-state index in [4.69, 9.17) is 0 Å². The number of aliphatic hydroxyl groups is 1. The monoisotopic (exact) mass is 464 g/mol. The predicted molar refractivity (Wildman–Crippen MR) is 134 cm³/mol. The number of unbranched alkanes of at least 4 members (excludes halogenated alkanes) is 1. The summed E-state index contributed by atoms with van der Waals surface area (Å²) >= 11 is 0. The van der Waals surface area contributed by atoms with E-state index in [0.717, 1.165) is 61.9 Å². The SMILES string of the molecule is CC1C(=O)N(CCCCN2CCC3(CC3)C(O)C2)CCN1C(=O)Nc1ccc2ccccc2c1. The number of carbonyl (C=O) groups is 2. The molecule has 2 N–H and O–H groups in total. The van der Waals surface area contributed by atoms with Crippen molar-refractivity contribution in [2.45, 2.75) is 51.2 Å². The summed E-state index contributed by atoms with van der Waals surface area (Å²) in [6.45, 7) is 6.50. The number of nitrogens with zero attached hydrogens (tertiary/aromatic N) is 3. The molecule has 5 rings (SSSR count). The van der Waals surface area contributed by atoms with Gasteiger partial charge < -0.3 is 25.1 Å². The van der Waals surface area contributed by atoms with Gasteiger partial charge in [-0.1, -0.05) is 30.3 Å². The number of β-amino-alcohol motifs (C(OH)–C–C–N with tert-alkyl or cyclic N) is 1. The minimum atomic E-state index is -0.471. The van der Waals surface area contributed by atoms with Gasteiger partial charge in [0.15, 0.2) is 0 Å². The van der Waals surface area contributed by atoms with Crippen molar-refractivity contribution < 1.29 is 14.7 Å². The molecule has 2 aromatic rings. The Hall–Kier alpha value is -2.64.